The molecule has 8 heteroatoms. The first kappa shape index (κ1) is 16.4. The molecule has 2 unspecified atom stereocenters. The van der Waals surface area contributed by atoms with Gasteiger partial charge < -0.3 is 10.5 Å². The zero-order valence-electron chi connectivity index (χ0n) is 12.8. The second kappa shape index (κ2) is 6.43. The number of sulfonamides is 1. The second-order valence-electron chi connectivity index (χ2n) is 5.47. The van der Waals surface area contributed by atoms with Gasteiger partial charge in [-0.05, 0) is 33.6 Å². The lowest BCUT2D eigenvalue weighted by molar-refractivity contribution is 0.0902. The van der Waals surface area contributed by atoms with Gasteiger partial charge >= 0.3 is 0 Å². The van der Waals surface area contributed by atoms with Crippen LogP contribution in [0.3, 0.4) is 0 Å². The minimum Gasteiger partial charge on any atom is -0.377 e. The van der Waals surface area contributed by atoms with Gasteiger partial charge in [-0.2, -0.15) is 5.10 Å². The normalized spacial score (nSPS) is 20.9. The first-order valence-corrected chi connectivity index (χ1v) is 8.73. The monoisotopic (exact) mass is 316 g/mol. The Morgan fingerprint density at radius 1 is 1.52 bits per heavy atom. The third-order valence-corrected chi connectivity index (χ3v) is 5.60. The molecule has 7 nitrogen and oxygen atoms in total. The highest BCUT2D eigenvalue weighted by Crippen LogP contribution is 2.22. The van der Waals surface area contributed by atoms with Gasteiger partial charge in [0.25, 0.3) is 0 Å². The van der Waals surface area contributed by atoms with E-state index in [0.29, 0.717) is 31.1 Å². The fourth-order valence-corrected chi connectivity index (χ4v) is 4.47. The number of nitrogens with two attached hydrogens (primary N) is 1. The quantitative estimate of drug-likeness (QED) is 0.786. The van der Waals surface area contributed by atoms with Crippen LogP contribution in [0.5, 0.6) is 0 Å². The van der Waals surface area contributed by atoms with Crippen molar-refractivity contribution >= 4 is 10.0 Å². The van der Waals surface area contributed by atoms with E-state index in [0.717, 1.165) is 12.8 Å². The summed E-state index contributed by atoms with van der Waals surface area (Å²) in [5.74, 6) is 0. The van der Waals surface area contributed by atoms with E-state index in [1.54, 1.807) is 18.5 Å². The predicted octanol–water partition coefficient (Wildman–Crippen LogP) is 0.304. The number of nitrogens with zero attached hydrogens (tertiary/aromatic N) is 2. The highest BCUT2D eigenvalue weighted by Gasteiger charge is 2.30. The van der Waals surface area contributed by atoms with Gasteiger partial charge in [0, 0.05) is 19.2 Å². The van der Waals surface area contributed by atoms with Crippen LogP contribution in [0.15, 0.2) is 4.90 Å². The molecule has 21 heavy (non-hydrogen) atoms. The number of aromatic nitrogens is 2. The molecule has 3 N–H and O–H groups in total. The predicted molar refractivity (Wildman–Crippen MR) is 79.5 cm³/mol. The molecule has 1 saturated heterocycles. The highest BCUT2D eigenvalue weighted by atomic mass is 32.2. The van der Waals surface area contributed by atoms with Gasteiger partial charge in [0.1, 0.15) is 4.90 Å². The maximum absolute atomic E-state index is 12.6. The highest BCUT2D eigenvalue weighted by molar-refractivity contribution is 7.89. The average Bonchev–Trinajstić information content (AvgIpc) is 2.98. The summed E-state index contributed by atoms with van der Waals surface area (Å²) >= 11 is 0. The Kier molecular flexibility index (Phi) is 5.03. The van der Waals surface area contributed by atoms with Gasteiger partial charge in [-0.1, -0.05) is 0 Å². The fourth-order valence-electron chi connectivity index (χ4n) is 2.79. The summed E-state index contributed by atoms with van der Waals surface area (Å²) in [6, 6.07) is -0.255. The molecule has 1 aliphatic rings. The van der Waals surface area contributed by atoms with Gasteiger partial charge in [0.2, 0.25) is 10.0 Å². The fraction of sp³-hybridized carbons (Fsp3) is 0.769. The average molecular weight is 316 g/mol. The standard InChI is InChI=1S/C13H24N4O3S/c1-9(12-5-4-8-20-12)16-21(18,19)13-10(2)15-17(7-6-14)11(13)3/h9,12,16H,4-8,14H2,1-3H3. The number of nitrogens with one attached hydrogen (secondary N) is 1. The van der Waals surface area contributed by atoms with Crippen LogP contribution in [0.4, 0.5) is 0 Å². The van der Waals surface area contributed by atoms with E-state index >= 15 is 0 Å². The summed E-state index contributed by atoms with van der Waals surface area (Å²) in [5, 5.41) is 4.26. The van der Waals surface area contributed by atoms with Gasteiger partial charge in [-0.3, -0.25) is 4.68 Å². The zero-order valence-corrected chi connectivity index (χ0v) is 13.6. The molecule has 2 rings (SSSR count). The molecule has 0 radical (unpaired) electrons. The molecule has 1 aromatic heterocycles. The van der Waals surface area contributed by atoms with Gasteiger partial charge in [-0.15, -0.1) is 0 Å². The first-order chi connectivity index (χ1) is 9.86. The van der Waals surface area contributed by atoms with Crippen molar-refractivity contribution in [3.05, 3.63) is 11.4 Å². The number of hydrogen-bond donors (Lipinski definition) is 2. The van der Waals surface area contributed by atoms with E-state index in [1.165, 1.54) is 0 Å². The first-order valence-electron chi connectivity index (χ1n) is 7.25. The minimum atomic E-state index is -3.61. The largest absolute Gasteiger partial charge is 0.377 e. The van der Waals surface area contributed by atoms with Crippen molar-refractivity contribution in [2.24, 2.45) is 5.73 Å². The van der Waals surface area contributed by atoms with E-state index in [1.807, 2.05) is 6.92 Å². The van der Waals surface area contributed by atoms with Crippen molar-refractivity contribution < 1.29 is 13.2 Å². The van der Waals surface area contributed by atoms with E-state index < -0.39 is 10.0 Å². The molecule has 0 saturated carbocycles. The SMILES string of the molecule is Cc1nn(CCN)c(C)c1S(=O)(=O)NC(C)C1CCCO1. The molecule has 1 aliphatic heterocycles. The summed E-state index contributed by atoms with van der Waals surface area (Å²) in [6.45, 7) is 6.91. The molecule has 2 heterocycles. The third kappa shape index (κ3) is 3.45. The minimum absolute atomic E-state index is 0.0560. The smallest absolute Gasteiger partial charge is 0.244 e. The maximum Gasteiger partial charge on any atom is 0.244 e. The number of ether oxygens (including phenoxy) is 1. The Bertz CT molecular complexity index is 591. The summed E-state index contributed by atoms with van der Waals surface area (Å²) in [6.07, 6.45) is 1.80. The Morgan fingerprint density at radius 3 is 2.81 bits per heavy atom. The van der Waals surface area contributed by atoms with Crippen LogP contribution in [0.2, 0.25) is 0 Å². The third-order valence-electron chi connectivity index (χ3n) is 3.79. The molecule has 0 aromatic carbocycles. The van der Waals surface area contributed by atoms with E-state index in [9.17, 15) is 8.42 Å². The van der Waals surface area contributed by atoms with Crippen LogP contribution in [-0.2, 0) is 21.3 Å². The van der Waals surface area contributed by atoms with Crippen LogP contribution >= 0.6 is 0 Å². The zero-order chi connectivity index (χ0) is 15.6. The van der Waals surface area contributed by atoms with Crippen LogP contribution in [0, 0.1) is 13.8 Å². The molecule has 1 fully saturated rings. The van der Waals surface area contributed by atoms with E-state index in [2.05, 4.69) is 9.82 Å². The molecule has 0 bridgehead atoms. The van der Waals surface area contributed by atoms with Gasteiger partial charge in [0.05, 0.1) is 24.0 Å². The second-order valence-corrected chi connectivity index (χ2v) is 7.12. The Morgan fingerprint density at radius 2 is 2.24 bits per heavy atom. The summed E-state index contributed by atoms with van der Waals surface area (Å²) in [5.41, 5.74) is 6.63. The molecule has 0 spiro atoms. The van der Waals surface area contributed by atoms with Crippen LogP contribution in [0.25, 0.3) is 0 Å². The van der Waals surface area contributed by atoms with E-state index in [4.69, 9.17) is 10.5 Å². The molecular weight excluding hydrogens is 292 g/mol. The lowest BCUT2D eigenvalue weighted by atomic mass is 10.1. The molecule has 1 aromatic rings. The van der Waals surface area contributed by atoms with Gasteiger partial charge in [-0.25, -0.2) is 13.1 Å². The molecule has 2 atom stereocenters. The van der Waals surface area contributed by atoms with Crippen molar-refractivity contribution in [3.8, 4) is 0 Å². The molecular formula is C13H24N4O3S. The molecule has 0 aliphatic carbocycles. The molecule has 0 amide bonds. The van der Waals surface area contributed by atoms with Crippen molar-refractivity contribution in [2.45, 2.75) is 57.2 Å². The molecule has 120 valence electrons. The van der Waals surface area contributed by atoms with Crippen LogP contribution in [-0.4, -0.2) is 43.5 Å². The Labute approximate surface area is 125 Å². The summed E-state index contributed by atoms with van der Waals surface area (Å²) in [4.78, 5) is 0.251. The van der Waals surface area contributed by atoms with Crippen molar-refractivity contribution in [3.63, 3.8) is 0 Å². The van der Waals surface area contributed by atoms with E-state index in [-0.39, 0.29) is 17.0 Å². The van der Waals surface area contributed by atoms with Gasteiger partial charge in [0.15, 0.2) is 0 Å². The van der Waals surface area contributed by atoms with Crippen LogP contribution < -0.4 is 10.5 Å². The van der Waals surface area contributed by atoms with Crippen molar-refractivity contribution in [1.29, 1.82) is 0 Å². The van der Waals surface area contributed by atoms with Crippen molar-refractivity contribution in [1.82, 2.24) is 14.5 Å². The lowest BCUT2D eigenvalue weighted by Gasteiger charge is -2.20. The van der Waals surface area contributed by atoms with Crippen molar-refractivity contribution in [2.75, 3.05) is 13.2 Å². The number of hydrogen-bond acceptors (Lipinski definition) is 5. The Hall–Kier alpha value is -0.960. The summed E-state index contributed by atoms with van der Waals surface area (Å²) < 4.78 is 35.1. The maximum atomic E-state index is 12.6. The Balaban J connectivity index is 2.22. The lowest BCUT2D eigenvalue weighted by Crippen LogP contribution is -2.41. The number of rotatable bonds is 6. The summed E-state index contributed by atoms with van der Waals surface area (Å²) in [7, 11) is -3.61. The number of aryl methyl sites for hydroxylation is 1. The van der Waals surface area contributed by atoms with Crippen LogP contribution in [0.1, 0.15) is 31.2 Å². The topological polar surface area (TPSA) is 99.2 Å².